The zero-order valence-corrected chi connectivity index (χ0v) is 13.1. The summed E-state index contributed by atoms with van der Waals surface area (Å²) >= 11 is 0. The van der Waals surface area contributed by atoms with Gasteiger partial charge in [-0.3, -0.25) is 4.79 Å². The number of carbonyl (C=O) groups is 1. The number of nitrogens with zero attached hydrogens (tertiary/aromatic N) is 2. The molecule has 1 aliphatic rings. The second kappa shape index (κ2) is 6.30. The Balaban J connectivity index is 1.57. The van der Waals surface area contributed by atoms with E-state index in [0.29, 0.717) is 23.7 Å². The van der Waals surface area contributed by atoms with Crippen LogP contribution in [0.4, 0.5) is 13.2 Å². The quantitative estimate of drug-likeness (QED) is 0.834. The Hall–Kier alpha value is -2.31. The van der Waals surface area contributed by atoms with Crippen molar-refractivity contribution in [1.29, 1.82) is 0 Å². The highest BCUT2D eigenvalue weighted by atomic mass is 19.4. The molecule has 0 aliphatic heterocycles. The third kappa shape index (κ3) is 3.96. The van der Waals surface area contributed by atoms with E-state index in [-0.39, 0.29) is 12.3 Å². The fraction of sp³-hybridized carbons (Fsp3) is 0.412. The first-order chi connectivity index (χ1) is 11.3. The standard InChI is InChI=1S/C17H17F3N2O2/c1-22(10-14-9-15(24-21-14)12-4-5-12)16(23)8-11-2-6-13(7-3-11)17(18,19)20/h2-3,6-7,9,12H,4-5,8,10H2,1H3. The zero-order valence-electron chi connectivity index (χ0n) is 13.1. The number of aromatic nitrogens is 1. The van der Waals surface area contributed by atoms with Gasteiger partial charge in [-0.05, 0) is 30.5 Å². The molecule has 1 aromatic carbocycles. The molecule has 1 heterocycles. The Morgan fingerprint density at radius 3 is 2.54 bits per heavy atom. The Morgan fingerprint density at radius 2 is 1.96 bits per heavy atom. The lowest BCUT2D eigenvalue weighted by Gasteiger charge is -2.15. The molecule has 24 heavy (non-hydrogen) atoms. The van der Waals surface area contributed by atoms with Crippen LogP contribution in [-0.4, -0.2) is 23.0 Å². The highest BCUT2D eigenvalue weighted by Gasteiger charge is 2.30. The lowest BCUT2D eigenvalue weighted by molar-refractivity contribution is -0.137. The molecule has 1 saturated carbocycles. The first kappa shape index (κ1) is 16.5. The van der Waals surface area contributed by atoms with Crippen LogP contribution in [-0.2, 0) is 23.9 Å². The summed E-state index contributed by atoms with van der Waals surface area (Å²) in [6.07, 6.45) is -2.11. The number of amides is 1. The maximum absolute atomic E-state index is 12.5. The van der Waals surface area contributed by atoms with Crippen molar-refractivity contribution in [1.82, 2.24) is 10.1 Å². The van der Waals surface area contributed by atoms with Crippen LogP contribution in [0.2, 0.25) is 0 Å². The average Bonchev–Trinajstić information content (AvgIpc) is 3.27. The third-order valence-corrected chi connectivity index (χ3v) is 4.02. The number of likely N-dealkylation sites (N-methyl/N-ethyl adjacent to an activating group) is 1. The molecule has 1 amide bonds. The van der Waals surface area contributed by atoms with Gasteiger partial charge in [0.15, 0.2) is 0 Å². The lowest BCUT2D eigenvalue weighted by Crippen LogP contribution is -2.27. The normalized spacial score (nSPS) is 14.7. The van der Waals surface area contributed by atoms with E-state index >= 15 is 0 Å². The number of carbonyl (C=O) groups excluding carboxylic acids is 1. The van der Waals surface area contributed by atoms with E-state index in [2.05, 4.69) is 5.16 Å². The predicted octanol–water partition coefficient (Wildman–Crippen LogP) is 3.77. The summed E-state index contributed by atoms with van der Waals surface area (Å²) in [7, 11) is 1.64. The van der Waals surface area contributed by atoms with Gasteiger partial charge in [0, 0.05) is 19.0 Å². The first-order valence-electron chi connectivity index (χ1n) is 7.68. The molecule has 128 valence electrons. The molecular formula is C17H17F3N2O2. The van der Waals surface area contributed by atoms with E-state index in [0.717, 1.165) is 30.7 Å². The van der Waals surface area contributed by atoms with E-state index in [1.165, 1.54) is 17.0 Å². The van der Waals surface area contributed by atoms with E-state index in [1.807, 2.05) is 6.07 Å². The Labute approximate surface area is 137 Å². The molecule has 1 aliphatic carbocycles. The fourth-order valence-electron chi connectivity index (χ4n) is 2.42. The molecule has 1 aromatic heterocycles. The highest BCUT2D eigenvalue weighted by molar-refractivity contribution is 5.78. The van der Waals surface area contributed by atoms with Crippen molar-refractivity contribution in [2.45, 2.75) is 37.9 Å². The maximum atomic E-state index is 12.5. The van der Waals surface area contributed by atoms with Crippen molar-refractivity contribution in [2.24, 2.45) is 0 Å². The van der Waals surface area contributed by atoms with Crippen molar-refractivity contribution < 1.29 is 22.5 Å². The lowest BCUT2D eigenvalue weighted by atomic mass is 10.1. The molecule has 0 bridgehead atoms. The topological polar surface area (TPSA) is 46.3 Å². The van der Waals surface area contributed by atoms with Crippen molar-refractivity contribution in [3.63, 3.8) is 0 Å². The summed E-state index contributed by atoms with van der Waals surface area (Å²) in [5, 5.41) is 3.95. The van der Waals surface area contributed by atoms with E-state index < -0.39 is 11.7 Å². The molecule has 0 radical (unpaired) electrons. The van der Waals surface area contributed by atoms with Gasteiger partial charge in [-0.1, -0.05) is 17.3 Å². The van der Waals surface area contributed by atoms with Gasteiger partial charge in [-0.15, -0.1) is 0 Å². The third-order valence-electron chi connectivity index (χ3n) is 4.02. The van der Waals surface area contributed by atoms with Crippen LogP contribution in [0.1, 0.15) is 41.3 Å². The van der Waals surface area contributed by atoms with Crippen LogP contribution in [0, 0.1) is 0 Å². The van der Waals surface area contributed by atoms with Crippen molar-refractivity contribution >= 4 is 5.91 Å². The van der Waals surface area contributed by atoms with Crippen LogP contribution in [0.5, 0.6) is 0 Å². The number of halogens is 3. The van der Waals surface area contributed by atoms with Gasteiger partial charge in [-0.2, -0.15) is 13.2 Å². The van der Waals surface area contributed by atoms with Gasteiger partial charge in [0.05, 0.1) is 18.5 Å². The number of alkyl halides is 3. The zero-order chi connectivity index (χ0) is 17.3. The Morgan fingerprint density at radius 1 is 1.29 bits per heavy atom. The SMILES string of the molecule is CN(Cc1cc(C2CC2)on1)C(=O)Cc1ccc(C(F)(F)F)cc1. The molecule has 0 saturated heterocycles. The number of hydrogen-bond acceptors (Lipinski definition) is 3. The molecule has 0 unspecified atom stereocenters. The summed E-state index contributed by atoms with van der Waals surface area (Å²) in [5.74, 6) is 1.12. The van der Waals surface area contributed by atoms with Crippen LogP contribution in [0.15, 0.2) is 34.9 Å². The average molecular weight is 338 g/mol. The summed E-state index contributed by atoms with van der Waals surface area (Å²) in [4.78, 5) is 13.7. The molecule has 4 nitrogen and oxygen atoms in total. The van der Waals surface area contributed by atoms with Gasteiger partial charge < -0.3 is 9.42 Å². The monoisotopic (exact) mass is 338 g/mol. The first-order valence-corrected chi connectivity index (χ1v) is 7.68. The minimum Gasteiger partial charge on any atom is -0.361 e. The van der Waals surface area contributed by atoms with Crippen molar-refractivity contribution in [3.05, 3.63) is 52.9 Å². The van der Waals surface area contributed by atoms with Crippen molar-refractivity contribution in [3.8, 4) is 0 Å². The van der Waals surface area contributed by atoms with E-state index in [9.17, 15) is 18.0 Å². The number of rotatable bonds is 5. The Kier molecular flexibility index (Phi) is 4.34. The Bertz CT molecular complexity index is 718. The second-order valence-corrected chi connectivity index (χ2v) is 6.12. The van der Waals surface area contributed by atoms with Crippen molar-refractivity contribution in [2.75, 3.05) is 7.05 Å². The van der Waals surface area contributed by atoms with Crippen LogP contribution in [0.3, 0.4) is 0 Å². The summed E-state index contributed by atoms with van der Waals surface area (Å²) in [5.41, 5.74) is 0.501. The summed E-state index contributed by atoms with van der Waals surface area (Å²) < 4.78 is 42.8. The number of hydrogen-bond donors (Lipinski definition) is 0. The summed E-state index contributed by atoms with van der Waals surface area (Å²) in [6, 6.07) is 6.50. The fourth-order valence-corrected chi connectivity index (χ4v) is 2.42. The van der Waals surface area contributed by atoms with Crippen LogP contribution in [0.25, 0.3) is 0 Å². The minimum atomic E-state index is -4.37. The van der Waals surface area contributed by atoms with Gasteiger partial charge in [-0.25, -0.2) is 0 Å². The van der Waals surface area contributed by atoms with Gasteiger partial charge in [0.1, 0.15) is 11.5 Å². The molecule has 2 aromatic rings. The number of benzene rings is 1. The van der Waals surface area contributed by atoms with Gasteiger partial charge >= 0.3 is 6.18 Å². The maximum Gasteiger partial charge on any atom is 0.416 e. The predicted molar refractivity (Wildman–Crippen MR) is 80.1 cm³/mol. The van der Waals surface area contributed by atoms with Crippen LogP contribution < -0.4 is 0 Å². The molecule has 3 rings (SSSR count). The molecule has 7 heteroatoms. The van der Waals surface area contributed by atoms with Gasteiger partial charge in [0.25, 0.3) is 0 Å². The summed E-state index contributed by atoms with van der Waals surface area (Å²) in [6.45, 7) is 0.315. The highest BCUT2D eigenvalue weighted by Crippen LogP contribution is 2.40. The van der Waals surface area contributed by atoms with Crippen LogP contribution >= 0.6 is 0 Å². The minimum absolute atomic E-state index is 0.0436. The molecule has 0 atom stereocenters. The molecular weight excluding hydrogens is 321 g/mol. The smallest absolute Gasteiger partial charge is 0.361 e. The van der Waals surface area contributed by atoms with E-state index in [4.69, 9.17) is 4.52 Å². The largest absolute Gasteiger partial charge is 0.416 e. The molecule has 0 spiro atoms. The second-order valence-electron chi connectivity index (χ2n) is 6.12. The van der Waals surface area contributed by atoms with Gasteiger partial charge in [0.2, 0.25) is 5.91 Å². The molecule has 1 fully saturated rings. The molecule has 0 N–H and O–H groups in total. The van der Waals surface area contributed by atoms with E-state index in [1.54, 1.807) is 7.05 Å².